The highest BCUT2D eigenvalue weighted by atomic mass is 15.4. The predicted molar refractivity (Wildman–Crippen MR) is 81.5 cm³/mol. The van der Waals surface area contributed by atoms with Gasteiger partial charge < -0.3 is 10.2 Å². The van der Waals surface area contributed by atoms with Gasteiger partial charge in [0.15, 0.2) is 0 Å². The third-order valence-electron chi connectivity index (χ3n) is 4.00. The quantitative estimate of drug-likeness (QED) is 0.896. The Balaban J connectivity index is 1.77. The molecule has 0 aromatic carbocycles. The number of piperidine rings is 1. The van der Waals surface area contributed by atoms with Crippen molar-refractivity contribution in [2.45, 2.75) is 71.1 Å². The number of hydrogen-bond donors (Lipinski definition) is 1. The number of rotatable bonds is 5. The Morgan fingerprint density at radius 2 is 2.15 bits per heavy atom. The number of aryl methyl sites for hydroxylation is 1. The minimum atomic E-state index is 0.120. The zero-order valence-corrected chi connectivity index (χ0v) is 13.4. The molecule has 114 valence electrons. The van der Waals surface area contributed by atoms with Gasteiger partial charge in [-0.05, 0) is 53.6 Å². The van der Waals surface area contributed by atoms with Gasteiger partial charge >= 0.3 is 0 Å². The Morgan fingerprint density at radius 3 is 2.85 bits per heavy atom. The second-order valence-corrected chi connectivity index (χ2v) is 7.00. The minimum absolute atomic E-state index is 0.120. The molecule has 0 bridgehead atoms. The molecule has 2 rings (SSSR count). The van der Waals surface area contributed by atoms with Crippen LogP contribution in [0.15, 0.2) is 6.20 Å². The zero-order chi connectivity index (χ0) is 14.6. The molecule has 1 unspecified atom stereocenters. The fourth-order valence-corrected chi connectivity index (χ4v) is 2.67. The van der Waals surface area contributed by atoms with E-state index in [1.807, 2.05) is 4.68 Å². The van der Waals surface area contributed by atoms with Crippen LogP contribution in [0.4, 0.5) is 0 Å². The normalized spacial score (nSPS) is 21.3. The van der Waals surface area contributed by atoms with Crippen molar-refractivity contribution in [2.75, 3.05) is 13.6 Å². The van der Waals surface area contributed by atoms with E-state index >= 15 is 0 Å². The molecule has 0 saturated carbocycles. The fourth-order valence-electron chi connectivity index (χ4n) is 2.67. The van der Waals surface area contributed by atoms with Gasteiger partial charge in [0.2, 0.25) is 0 Å². The van der Waals surface area contributed by atoms with Gasteiger partial charge in [-0.3, -0.25) is 4.68 Å². The van der Waals surface area contributed by atoms with Crippen LogP contribution in [0.2, 0.25) is 0 Å². The van der Waals surface area contributed by atoms with Crippen molar-refractivity contribution >= 4 is 0 Å². The first-order chi connectivity index (χ1) is 9.44. The van der Waals surface area contributed by atoms with Crippen LogP contribution in [-0.4, -0.2) is 45.1 Å². The molecule has 20 heavy (non-hydrogen) atoms. The molecule has 1 aliphatic rings. The largest absolute Gasteiger partial charge is 0.306 e. The summed E-state index contributed by atoms with van der Waals surface area (Å²) in [5.41, 5.74) is 1.14. The number of nitrogens with one attached hydrogen (secondary N) is 1. The molecule has 1 saturated heterocycles. The lowest BCUT2D eigenvalue weighted by atomic mass is 10.0. The molecule has 0 radical (unpaired) electrons. The second-order valence-electron chi connectivity index (χ2n) is 7.00. The maximum atomic E-state index is 4.24. The molecule has 1 fully saturated rings. The summed E-state index contributed by atoms with van der Waals surface area (Å²) in [7, 11) is 2.24. The average molecular weight is 279 g/mol. The number of hydrogen-bond acceptors (Lipinski definition) is 4. The molecule has 5 heteroatoms. The Labute approximate surface area is 122 Å². The topological polar surface area (TPSA) is 46.0 Å². The zero-order valence-electron chi connectivity index (χ0n) is 13.4. The number of nitrogens with zero attached hydrogens (tertiary/aromatic N) is 4. The summed E-state index contributed by atoms with van der Waals surface area (Å²) in [5.74, 6) is 0. The summed E-state index contributed by atoms with van der Waals surface area (Å²) < 4.78 is 1.99. The lowest BCUT2D eigenvalue weighted by Gasteiger charge is -2.32. The molecule has 2 heterocycles. The third-order valence-corrected chi connectivity index (χ3v) is 4.00. The Bertz CT molecular complexity index is 407. The van der Waals surface area contributed by atoms with Gasteiger partial charge in [0.25, 0.3) is 0 Å². The monoisotopic (exact) mass is 279 g/mol. The predicted octanol–water partition coefficient (Wildman–Crippen LogP) is 2.04. The first-order valence-corrected chi connectivity index (χ1v) is 7.78. The Morgan fingerprint density at radius 1 is 1.35 bits per heavy atom. The summed E-state index contributed by atoms with van der Waals surface area (Å²) in [6.45, 7) is 9.48. The van der Waals surface area contributed by atoms with Crippen LogP contribution in [0.3, 0.4) is 0 Å². The lowest BCUT2D eigenvalue weighted by Crippen LogP contribution is -2.36. The molecule has 0 spiro atoms. The van der Waals surface area contributed by atoms with Crippen molar-refractivity contribution in [1.29, 1.82) is 0 Å². The van der Waals surface area contributed by atoms with Crippen LogP contribution in [0, 0.1) is 0 Å². The van der Waals surface area contributed by atoms with Crippen LogP contribution in [-0.2, 0) is 13.1 Å². The molecule has 1 N–H and O–H groups in total. The van der Waals surface area contributed by atoms with Gasteiger partial charge in [-0.25, -0.2) is 0 Å². The highest BCUT2D eigenvalue weighted by Gasteiger charge is 2.18. The standard InChI is InChI=1S/C15H29N5/c1-15(2,3)16-11-13-12-20(18-17-13)10-8-14-7-5-6-9-19(14)4/h12,14,16H,5-11H2,1-4H3. The van der Waals surface area contributed by atoms with E-state index in [1.165, 1.54) is 32.2 Å². The van der Waals surface area contributed by atoms with Gasteiger partial charge in [-0.15, -0.1) is 5.10 Å². The summed E-state index contributed by atoms with van der Waals surface area (Å²) in [6.07, 6.45) is 7.28. The first-order valence-electron chi connectivity index (χ1n) is 7.78. The lowest BCUT2D eigenvalue weighted by molar-refractivity contribution is 0.169. The van der Waals surface area contributed by atoms with Crippen molar-refractivity contribution in [1.82, 2.24) is 25.2 Å². The van der Waals surface area contributed by atoms with Gasteiger partial charge in [0, 0.05) is 30.9 Å². The maximum absolute atomic E-state index is 4.24. The summed E-state index contributed by atoms with van der Waals surface area (Å²) in [6, 6.07) is 0.712. The summed E-state index contributed by atoms with van der Waals surface area (Å²) in [5, 5.41) is 11.9. The van der Waals surface area contributed by atoms with E-state index in [4.69, 9.17) is 0 Å². The highest BCUT2D eigenvalue weighted by molar-refractivity contribution is 4.93. The van der Waals surface area contributed by atoms with E-state index in [2.05, 4.69) is 54.5 Å². The first kappa shape index (κ1) is 15.4. The van der Waals surface area contributed by atoms with E-state index in [-0.39, 0.29) is 5.54 Å². The fraction of sp³-hybridized carbons (Fsp3) is 0.867. The molecule has 1 aliphatic heterocycles. The average Bonchev–Trinajstić information content (AvgIpc) is 2.83. The number of aromatic nitrogens is 3. The van der Waals surface area contributed by atoms with Crippen LogP contribution < -0.4 is 5.32 Å². The van der Waals surface area contributed by atoms with E-state index in [1.54, 1.807) is 0 Å². The second kappa shape index (κ2) is 6.68. The molecular formula is C15H29N5. The molecular weight excluding hydrogens is 250 g/mol. The third kappa shape index (κ3) is 4.87. The highest BCUT2D eigenvalue weighted by Crippen LogP contribution is 2.18. The van der Waals surface area contributed by atoms with Gasteiger partial charge in [0.05, 0.1) is 5.69 Å². The number of likely N-dealkylation sites (tertiary alicyclic amines) is 1. The van der Waals surface area contributed by atoms with Crippen LogP contribution in [0.5, 0.6) is 0 Å². The van der Waals surface area contributed by atoms with Gasteiger partial charge in [-0.2, -0.15) is 0 Å². The van der Waals surface area contributed by atoms with E-state index in [9.17, 15) is 0 Å². The molecule has 1 atom stereocenters. The molecule has 5 nitrogen and oxygen atoms in total. The van der Waals surface area contributed by atoms with E-state index in [0.29, 0.717) is 6.04 Å². The van der Waals surface area contributed by atoms with Crippen molar-refractivity contribution in [2.24, 2.45) is 0 Å². The van der Waals surface area contributed by atoms with Crippen LogP contribution in [0.25, 0.3) is 0 Å². The van der Waals surface area contributed by atoms with Gasteiger partial charge in [-0.1, -0.05) is 11.6 Å². The Hall–Kier alpha value is -0.940. The van der Waals surface area contributed by atoms with Crippen molar-refractivity contribution in [3.63, 3.8) is 0 Å². The van der Waals surface area contributed by atoms with Gasteiger partial charge in [0.1, 0.15) is 0 Å². The van der Waals surface area contributed by atoms with Crippen LogP contribution >= 0.6 is 0 Å². The summed E-state index contributed by atoms with van der Waals surface area (Å²) in [4.78, 5) is 2.49. The molecule has 1 aromatic heterocycles. The van der Waals surface area contributed by atoms with Crippen molar-refractivity contribution < 1.29 is 0 Å². The minimum Gasteiger partial charge on any atom is -0.306 e. The Kier molecular flexibility index (Phi) is 5.16. The maximum Gasteiger partial charge on any atom is 0.0965 e. The molecule has 0 amide bonds. The summed E-state index contributed by atoms with van der Waals surface area (Å²) >= 11 is 0. The SMILES string of the molecule is CN1CCCCC1CCn1cc(CNC(C)(C)C)nn1. The molecule has 0 aliphatic carbocycles. The van der Waals surface area contributed by atoms with Crippen molar-refractivity contribution in [3.05, 3.63) is 11.9 Å². The smallest absolute Gasteiger partial charge is 0.0965 e. The molecule has 1 aromatic rings. The van der Waals surface area contributed by atoms with Crippen molar-refractivity contribution in [3.8, 4) is 0 Å². The van der Waals surface area contributed by atoms with E-state index in [0.717, 1.165) is 18.8 Å². The van der Waals surface area contributed by atoms with E-state index < -0.39 is 0 Å². The van der Waals surface area contributed by atoms with Crippen LogP contribution in [0.1, 0.15) is 52.1 Å².